The first kappa shape index (κ1) is 14.5. The Labute approximate surface area is 126 Å². The van der Waals surface area contributed by atoms with E-state index in [1.807, 2.05) is 17.0 Å². The highest BCUT2D eigenvalue weighted by Gasteiger charge is 2.39. The van der Waals surface area contributed by atoms with Crippen molar-refractivity contribution in [1.29, 1.82) is 0 Å². The van der Waals surface area contributed by atoms with Crippen LogP contribution in [0.25, 0.3) is 0 Å². The SMILES string of the molecule is Cc1ccc(N2CC[C@@H](N3CC[C@H](CCO)C3)C2=O)cc1. The van der Waals surface area contributed by atoms with Crippen molar-refractivity contribution in [3.05, 3.63) is 29.8 Å². The van der Waals surface area contributed by atoms with Crippen LogP contribution in [0.4, 0.5) is 5.69 Å². The van der Waals surface area contributed by atoms with Crippen LogP contribution in [-0.4, -0.2) is 48.2 Å². The second-order valence-corrected chi connectivity index (χ2v) is 6.29. The van der Waals surface area contributed by atoms with Gasteiger partial charge in [-0.3, -0.25) is 9.69 Å². The number of carbonyl (C=O) groups is 1. The maximum atomic E-state index is 12.7. The Morgan fingerprint density at radius 2 is 1.95 bits per heavy atom. The molecule has 2 heterocycles. The lowest BCUT2D eigenvalue weighted by Gasteiger charge is -2.23. The number of aryl methyl sites for hydroxylation is 1. The summed E-state index contributed by atoms with van der Waals surface area (Å²) in [5.41, 5.74) is 2.23. The van der Waals surface area contributed by atoms with Gasteiger partial charge in [0.15, 0.2) is 0 Å². The number of hydrogen-bond acceptors (Lipinski definition) is 3. The van der Waals surface area contributed by atoms with Gasteiger partial charge in [-0.1, -0.05) is 17.7 Å². The number of aliphatic hydroxyl groups excluding tert-OH is 1. The third-order valence-electron chi connectivity index (χ3n) is 4.82. The van der Waals surface area contributed by atoms with Crippen LogP contribution in [0.2, 0.25) is 0 Å². The lowest BCUT2D eigenvalue weighted by Crippen LogP contribution is -2.40. The number of aliphatic hydroxyl groups is 1. The number of benzene rings is 1. The molecule has 0 radical (unpaired) electrons. The molecule has 0 aliphatic carbocycles. The van der Waals surface area contributed by atoms with Crippen LogP contribution in [0.5, 0.6) is 0 Å². The number of hydrogen-bond donors (Lipinski definition) is 1. The average Bonchev–Trinajstić information content (AvgIpc) is 3.07. The molecule has 1 aromatic carbocycles. The van der Waals surface area contributed by atoms with Crippen molar-refractivity contribution in [2.24, 2.45) is 5.92 Å². The predicted molar refractivity (Wildman–Crippen MR) is 83.3 cm³/mol. The van der Waals surface area contributed by atoms with Gasteiger partial charge in [-0.25, -0.2) is 0 Å². The molecule has 0 aromatic heterocycles. The monoisotopic (exact) mass is 288 g/mol. The van der Waals surface area contributed by atoms with E-state index in [1.165, 1.54) is 5.56 Å². The number of anilines is 1. The molecule has 2 aliphatic heterocycles. The molecule has 4 nitrogen and oxygen atoms in total. The minimum absolute atomic E-state index is 0.0370. The van der Waals surface area contributed by atoms with E-state index in [2.05, 4.69) is 24.0 Å². The van der Waals surface area contributed by atoms with E-state index >= 15 is 0 Å². The Morgan fingerprint density at radius 1 is 1.19 bits per heavy atom. The summed E-state index contributed by atoms with van der Waals surface area (Å²) in [4.78, 5) is 16.9. The Morgan fingerprint density at radius 3 is 2.67 bits per heavy atom. The highest BCUT2D eigenvalue weighted by molar-refractivity contribution is 5.99. The molecule has 114 valence electrons. The molecule has 1 amide bonds. The largest absolute Gasteiger partial charge is 0.396 e. The fourth-order valence-electron chi connectivity index (χ4n) is 3.55. The van der Waals surface area contributed by atoms with Crippen molar-refractivity contribution in [2.75, 3.05) is 31.1 Å². The molecule has 2 aliphatic rings. The molecule has 0 unspecified atom stereocenters. The van der Waals surface area contributed by atoms with Crippen LogP contribution in [0.3, 0.4) is 0 Å². The molecular formula is C17H24N2O2. The molecule has 3 rings (SSSR count). The molecular weight excluding hydrogens is 264 g/mol. The zero-order chi connectivity index (χ0) is 14.8. The molecule has 0 bridgehead atoms. The summed E-state index contributed by atoms with van der Waals surface area (Å²) in [6.07, 6.45) is 2.88. The van der Waals surface area contributed by atoms with Crippen molar-refractivity contribution < 1.29 is 9.90 Å². The number of carbonyl (C=O) groups excluding carboxylic acids is 1. The molecule has 4 heteroatoms. The van der Waals surface area contributed by atoms with Gasteiger partial charge in [0.25, 0.3) is 0 Å². The Bertz CT molecular complexity index is 500. The highest BCUT2D eigenvalue weighted by atomic mass is 16.3. The first-order chi connectivity index (χ1) is 10.2. The molecule has 2 atom stereocenters. The van der Waals surface area contributed by atoms with Crippen LogP contribution >= 0.6 is 0 Å². The smallest absolute Gasteiger partial charge is 0.244 e. The van der Waals surface area contributed by atoms with Gasteiger partial charge in [-0.15, -0.1) is 0 Å². The van der Waals surface area contributed by atoms with E-state index in [9.17, 15) is 4.79 Å². The minimum atomic E-state index is 0.0370. The topological polar surface area (TPSA) is 43.8 Å². The van der Waals surface area contributed by atoms with Gasteiger partial charge in [0, 0.05) is 25.4 Å². The third kappa shape index (κ3) is 2.97. The quantitative estimate of drug-likeness (QED) is 0.919. The maximum absolute atomic E-state index is 12.7. The number of nitrogens with zero attached hydrogens (tertiary/aromatic N) is 2. The summed E-state index contributed by atoms with van der Waals surface area (Å²) < 4.78 is 0. The van der Waals surface area contributed by atoms with E-state index < -0.39 is 0 Å². The molecule has 1 N–H and O–H groups in total. The predicted octanol–water partition coefficient (Wildman–Crippen LogP) is 1.80. The highest BCUT2D eigenvalue weighted by Crippen LogP contribution is 2.29. The molecule has 1 aromatic rings. The van der Waals surface area contributed by atoms with Gasteiger partial charge in [0.1, 0.15) is 0 Å². The summed E-state index contributed by atoms with van der Waals surface area (Å²) in [7, 11) is 0. The van der Waals surface area contributed by atoms with Crippen LogP contribution in [0, 0.1) is 12.8 Å². The van der Waals surface area contributed by atoms with Crippen LogP contribution in [-0.2, 0) is 4.79 Å². The third-order valence-corrected chi connectivity index (χ3v) is 4.82. The summed E-state index contributed by atoms with van der Waals surface area (Å²) in [5.74, 6) is 0.791. The summed E-state index contributed by atoms with van der Waals surface area (Å²) in [6, 6.07) is 8.23. The second-order valence-electron chi connectivity index (χ2n) is 6.29. The molecule has 2 saturated heterocycles. The van der Waals surface area contributed by atoms with Crippen LogP contribution in [0.15, 0.2) is 24.3 Å². The Kier molecular flexibility index (Phi) is 4.27. The molecule has 0 saturated carbocycles. The molecule has 21 heavy (non-hydrogen) atoms. The van der Waals surface area contributed by atoms with Gasteiger partial charge in [0.2, 0.25) is 5.91 Å². The van der Waals surface area contributed by atoms with Crippen LogP contribution < -0.4 is 4.90 Å². The minimum Gasteiger partial charge on any atom is -0.396 e. The average molecular weight is 288 g/mol. The van der Waals surface area contributed by atoms with Gasteiger partial charge >= 0.3 is 0 Å². The first-order valence-electron chi connectivity index (χ1n) is 7.92. The Hall–Kier alpha value is -1.39. The van der Waals surface area contributed by atoms with E-state index in [0.717, 1.165) is 44.6 Å². The Balaban J connectivity index is 1.65. The molecule has 2 fully saturated rings. The van der Waals surface area contributed by atoms with E-state index in [0.29, 0.717) is 5.92 Å². The molecule has 0 spiro atoms. The van der Waals surface area contributed by atoms with E-state index in [4.69, 9.17) is 5.11 Å². The number of rotatable bonds is 4. The van der Waals surface area contributed by atoms with Crippen molar-refractivity contribution in [2.45, 2.75) is 32.2 Å². The first-order valence-corrected chi connectivity index (χ1v) is 7.92. The maximum Gasteiger partial charge on any atom is 0.244 e. The van der Waals surface area contributed by atoms with Gasteiger partial charge in [-0.2, -0.15) is 0 Å². The second kappa shape index (κ2) is 6.16. The lowest BCUT2D eigenvalue weighted by molar-refractivity contribution is -0.121. The van der Waals surface area contributed by atoms with Gasteiger partial charge in [-0.05, 0) is 50.8 Å². The summed E-state index contributed by atoms with van der Waals surface area (Å²) in [6.45, 7) is 5.08. The van der Waals surface area contributed by atoms with Crippen molar-refractivity contribution in [3.8, 4) is 0 Å². The van der Waals surface area contributed by atoms with Crippen LogP contribution in [0.1, 0.15) is 24.8 Å². The number of amides is 1. The zero-order valence-corrected chi connectivity index (χ0v) is 12.7. The van der Waals surface area contributed by atoms with Gasteiger partial charge in [0.05, 0.1) is 6.04 Å². The number of likely N-dealkylation sites (tertiary alicyclic amines) is 1. The van der Waals surface area contributed by atoms with E-state index in [1.54, 1.807) is 0 Å². The van der Waals surface area contributed by atoms with Gasteiger partial charge < -0.3 is 10.0 Å². The fraction of sp³-hybridized carbons (Fsp3) is 0.588. The van der Waals surface area contributed by atoms with Crippen molar-refractivity contribution in [1.82, 2.24) is 4.90 Å². The normalized spacial score (nSPS) is 26.8. The summed E-state index contributed by atoms with van der Waals surface area (Å²) >= 11 is 0. The summed E-state index contributed by atoms with van der Waals surface area (Å²) in [5, 5.41) is 9.05. The fourth-order valence-corrected chi connectivity index (χ4v) is 3.55. The standard InChI is InChI=1S/C17H24N2O2/c1-13-2-4-15(5-3-13)19-10-7-16(17(19)21)18-9-6-14(12-18)8-11-20/h2-5,14,16,20H,6-12H2,1H3/t14-,16-/m1/s1. The zero-order valence-electron chi connectivity index (χ0n) is 12.7. The van der Waals surface area contributed by atoms with Crippen molar-refractivity contribution in [3.63, 3.8) is 0 Å². The van der Waals surface area contributed by atoms with Crippen molar-refractivity contribution >= 4 is 11.6 Å². The lowest BCUT2D eigenvalue weighted by atomic mass is 10.1. The van der Waals surface area contributed by atoms with E-state index in [-0.39, 0.29) is 18.6 Å².